The lowest BCUT2D eigenvalue weighted by atomic mass is 10.0. The summed E-state index contributed by atoms with van der Waals surface area (Å²) in [5.74, 6) is 1.63. The third kappa shape index (κ3) is 3.53. The van der Waals surface area contributed by atoms with Crippen LogP contribution >= 0.6 is 0 Å². The zero-order valence-corrected chi connectivity index (χ0v) is 15.0. The number of methoxy groups -OCH3 is 2. The summed E-state index contributed by atoms with van der Waals surface area (Å²) in [7, 11) is 5.01. The number of carbonyl (C=O) groups is 1. The Morgan fingerprint density at radius 3 is 2.38 bits per heavy atom. The molecule has 1 N–H and O–H groups in total. The predicted octanol–water partition coefficient (Wildman–Crippen LogP) is 2.25. The highest BCUT2D eigenvalue weighted by Crippen LogP contribution is 2.29. The number of imidazole rings is 1. The maximum Gasteiger partial charge on any atom is 0.290 e. The minimum atomic E-state index is -0.531. The summed E-state index contributed by atoms with van der Waals surface area (Å²) in [5.41, 5.74) is 1.40. The van der Waals surface area contributed by atoms with E-state index in [1.807, 2.05) is 29.9 Å². The van der Waals surface area contributed by atoms with Gasteiger partial charge >= 0.3 is 0 Å². The molecule has 0 bridgehead atoms. The van der Waals surface area contributed by atoms with Crippen molar-refractivity contribution in [1.82, 2.24) is 20.0 Å². The van der Waals surface area contributed by atoms with Crippen LogP contribution in [0.25, 0.3) is 0 Å². The Morgan fingerprint density at radius 2 is 1.88 bits per heavy atom. The van der Waals surface area contributed by atoms with Crippen molar-refractivity contribution < 1.29 is 18.8 Å². The highest BCUT2D eigenvalue weighted by Gasteiger charge is 2.24. The van der Waals surface area contributed by atoms with Crippen molar-refractivity contribution in [3.8, 4) is 11.5 Å². The average Bonchev–Trinajstić information content (AvgIpc) is 3.27. The molecule has 0 aliphatic rings. The quantitative estimate of drug-likeness (QED) is 0.728. The fourth-order valence-corrected chi connectivity index (χ4v) is 2.62. The van der Waals surface area contributed by atoms with Gasteiger partial charge in [-0.2, -0.15) is 0 Å². The fraction of sp³-hybridized carbons (Fsp3) is 0.278. The molecule has 1 atom stereocenters. The molecule has 2 aromatic heterocycles. The molecule has 0 aliphatic carbocycles. The van der Waals surface area contributed by atoms with Crippen LogP contribution in [0.5, 0.6) is 11.5 Å². The van der Waals surface area contributed by atoms with Gasteiger partial charge in [0.1, 0.15) is 23.4 Å². The first-order chi connectivity index (χ1) is 12.5. The monoisotopic (exact) mass is 356 g/mol. The molecule has 0 spiro atoms. The number of amides is 1. The first-order valence-corrected chi connectivity index (χ1v) is 7.96. The minimum absolute atomic E-state index is 0.136. The Labute approximate surface area is 150 Å². The van der Waals surface area contributed by atoms with Gasteiger partial charge in [-0.05, 0) is 24.6 Å². The number of hydrogen-bond acceptors (Lipinski definition) is 6. The standard InChI is InChI=1S/C18H20N4O4/c1-11-7-15(26-21-11)18(23)20-16(17-19-5-6-22(17)2)12-8-13(24-3)10-14(9-12)25-4/h5-10,16H,1-4H3,(H,20,23)/t16-/m0/s1. The second-order valence-corrected chi connectivity index (χ2v) is 5.78. The van der Waals surface area contributed by atoms with Crippen LogP contribution < -0.4 is 14.8 Å². The van der Waals surface area contributed by atoms with Crippen molar-refractivity contribution in [1.29, 1.82) is 0 Å². The summed E-state index contributed by atoms with van der Waals surface area (Å²) in [6.07, 6.45) is 3.48. The Morgan fingerprint density at radius 1 is 1.19 bits per heavy atom. The first-order valence-electron chi connectivity index (χ1n) is 7.96. The van der Waals surface area contributed by atoms with E-state index in [0.29, 0.717) is 23.0 Å². The van der Waals surface area contributed by atoms with Gasteiger partial charge in [0.25, 0.3) is 5.91 Å². The SMILES string of the molecule is COc1cc(OC)cc([C@H](NC(=O)c2cc(C)no2)c2nccn2C)c1. The maximum absolute atomic E-state index is 12.6. The topological polar surface area (TPSA) is 91.4 Å². The molecule has 1 aromatic carbocycles. The van der Waals surface area contributed by atoms with Crippen molar-refractivity contribution in [2.24, 2.45) is 7.05 Å². The molecule has 0 fully saturated rings. The van der Waals surface area contributed by atoms with Gasteiger partial charge in [0, 0.05) is 31.6 Å². The molecule has 2 heterocycles. The zero-order chi connectivity index (χ0) is 18.7. The van der Waals surface area contributed by atoms with Gasteiger partial charge in [0.2, 0.25) is 5.76 Å². The highest BCUT2D eigenvalue weighted by molar-refractivity contribution is 5.91. The normalized spacial score (nSPS) is 11.8. The molecular weight excluding hydrogens is 336 g/mol. The predicted molar refractivity (Wildman–Crippen MR) is 93.3 cm³/mol. The Bertz CT molecular complexity index is 893. The van der Waals surface area contributed by atoms with E-state index in [0.717, 1.165) is 5.56 Å². The summed E-state index contributed by atoms with van der Waals surface area (Å²) < 4.78 is 17.6. The lowest BCUT2D eigenvalue weighted by Crippen LogP contribution is -2.31. The number of nitrogens with zero attached hydrogens (tertiary/aromatic N) is 3. The largest absolute Gasteiger partial charge is 0.497 e. The Hall–Kier alpha value is -3.29. The van der Waals surface area contributed by atoms with E-state index in [1.54, 1.807) is 39.5 Å². The summed E-state index contributed by atoms with van der Waals surface area (Å²) in [6.45, 7) is 1.75. The van der Waals surface area contributed by atoms with Crippen LogP contribution in [0.15, 0.2) is 41.2 Å². The van der Waals surface area contributed by atoms with Crippen molar-refractivity contribution in [2.75, 3.05) is 14.2 Å². The van der Waals surface area contributed by atoms with E-state index in [9.17, 15) is 4.79 Å². The van der Waals surface area contributed by atoms with E-state index in [4.69, 9.17) is 14.0 Å². The molecule has 8 heteroatoms. The molecule has 3 rings (SSSR count). The lowest BCUT2D eigenvalue weighted by Gasteiger charge is -2.20. The van der Waals surface area contributed by atoms with E-state index in [1.165, 1.54) is 0 Å². The van der Waals surface area contributed by atoms with E-state index in [-0.39, 0.29) is 11.7 Å². The van der Waals surface area contributed by atoms with Gasteiger partial charge in [-0.15, -0.1) is 0 Å². The Kier molecular flexibility index (Phi) is 4.92. The second kappa shape index (κ2) is 7.30. The van der Waals surface area contributed by atoms with Crippen LogP contribution in [-0.4, -0.2) is 34.8 Å². The van der Waals surface area contributed by atoms with Crippen LogP contribution in [0.2, 0.25) is 0 Å². The molecule has 26 heavy (non-hydrogen) atoms. The summed E-state index contributed by atoms with van der Waals surface area (Å²) in [6, 6.07) is 6.47. The van der Waals surface area contributed by atoms with Crippen LogP contribution in [0.1, 0.15) is 33.7 Å². The van der Waals surface area contributed by atoms with Crippen LogP contribution in [0.4, 0.5) is 0 Å². The number of nitrogens with one attached hydrogen (secondary N) is 1. The molecule has 0 saturated heterocycles. The molecule has 136 valence electrons. The zero-order valence-electron chi connectivity index (χ0n) is 15.0. The van der Waals surface area contributed by atoms with Gasteiger partial charge in [0.15, 0.2) is 0 Å². The minimum Gasteiger partial charge on any atom is -0.497 e. The van der Waals surface area contributed by atoms with Crippen molar-refractivity contribution >= 4 is 5.91 Å². The molecule has 0 saturated carbocycles. The summed E-state index contributed by atoms with van der Waals surface area (Å²) >= 11 is 0. The number of rotatable bonds is 6. The molecule has 3 aromatic rings. The van der Waals surface area contributed by atoms with Crippen molar-refractivity contribution in [2.45, 2.75) is 13.0 Å². The van der Waals surface area contributed by atoms with E-state index < -0.39 is 6.04 Å². The lowest BCUT2D eigenvalue weighted by molar-refractivity contribution is 0.0903. The highest BCUT2D eigenvalue weighted by atomic mass is 16.5. The third-order valence-corrected chi connectivity index (χ3v) is 3.95. The number of aryl methyl sites for hydroxylation is 2. The molecular formula is C18H20N4O4. The third-order valence-electron chi connectivity index (χ3n) is 3.95. The molecule has 0 aliphatic heterocycles. The van der Waals surface area contributed by atoms with E-state index in [2.05, 4.69) is 15.5 Å². The fourth-order valence-electron chi connectivity index (χ4n) is 2.62. The molecule has 0 radical (unpaired) electrons. The smallest absolute Gasteiger partial charge is 0.290 e. The van der Waals surface area contributed by atoms with E-state index >= 15 is 0 Å². The van der Waals surface area contributed by atoms with Gasteiger partial charge < -0.3 is 23.9 Å². The number of benzene rings is 1. The van der Waals surface area contributed by atoms with Crippen LogP contribution in [0.3, 0.4) is 0 Å². The number of carbonyl (C=O) groups excluding carboxylic acids is 1. The van der Waals surface area contributed by atoms with Crippen molar-refractivity contribution in [3.63, 3.8) is 0 Å². The number of aromatic nitrogens is 3. The average molecular weight is 356 g/mol. The molecule has 1 amide bonds. The van der Waals surface area contributed by atoms with Gasteiger partial charge in [-0.1, -0.05) is 5.16 Å². The first kappa shape index (κ1) is 17.5. The second-order valence-electron chi connectivity index (χ2n) is 5.78. The van der Waals surface area contributed by atoms with Crippen LogP contribution in [0, 0.1) is 6.92 Å². The van der Waals surface area contributed by atoms with Gasteiger partial charge in [-0.3, -0.25) is 4.79 Å². The summed E-state index contributed by atoms with van der Waals surface area (Å²) in [5, 5.41) is 6.70. The van der Waals surface area contributed by atoms with Crippen molar-refractivity contribution in [3.05, 3.63) is 59.5 Å². The maximum atomic E-state index is 12.6. The number of ether oxygens (including phenoxy) is 2. The van der Waals surface area contributed by atoms with Crippen LogP contribution in [-0.2, 0) is 7.05 Å². The Balaban J connectivity index is 2.02. The van der Waals surface area contributed by atoms with Gasteiger partial charge in [0.05, 0.1) is 19.9 Å². The molecule has 0 unspecified atom stereocenters. The molecule has 8 nitrogen and oxygen atoms in total. The number of hydrogen-bond donors (Lipinski definition) is 1. The van der Waals surface area contributed by atoms with Gasteiger partial charge in [-0.25, -0.2) is 4.98 Å². The summed E-state index contributed by atoms with van der Waals surface area (Å²) in [4.78, 5) is 17.0.